The van der Waals surface area contributed by atoms with Gasteiger partial charge in [-0.1, -0.05) is 42.2 Å². The summed E-state index contributed by atoms with van der Waals surface area (Å²) in [5.74, 6) is 7.19. The van der Waals surface area contributed by atoms with Crippen LogP contribution < -0.4 is 5.73 Å². The lowest BCUT2D eigenvalue weighted by Crippen LogP contribution is -2.18. The monoisotopic (exact) mass is 333 g/mol. The van der Waals surface area contributed by atoms with Crippen LogP contribution in [-0.2, 0) is 0 Å². The fourth-order valence-electron chi connectivity index (χ4n) is 3.17. The number of nitrogens with zero attached hydrogens (tertiary/aromatic N) is 2. The Morgan fingerprint density at radius 3 is 2.75 bits per heavy atom. The number of benzene rings is 1. The Morgan fingerprint density at radius 1 is 1.17 bits per heavy atom. The van der Waals surface area contributed by atoms with Crippen molar-refractivity contribution in [3.8, 4) is 23.0 Å². The van der Waals surface area contributed by atoms with Crippen molar-refractivity contribution in [2.75, 3.05) is 25.4 Å². The molecule has 2 aromatic heterocycles. The highest BCUT2D eigenvalue weighted by Gasteiger charge is 2.13. The second kappa shape index (κ2) is 6.64. The molecule has 0 aliphatic carbocycles. The molecule has 1 fully saturated rings. The van der Waals surface area contributed by atoms with E-state index in [9.17, 15) is 0 Å². The van der Waals surface area contributed by atoms with Crippen LogP contribution >= 0.6 is 11.3 Å². The second-order valence-electron chi connectivity index (χ2n) is 6.06. The molecule has 0 amide bonds. The highest BCUT2D eigenvalue weighted by molar-refractivity contribution is 7.18. The van der Waals surface area contributed by atoms with E-state index < -0.39 is 0 Å². The molecule has 2 N–H and O–H groups in total. The van der Waals surface area contributed by atoms with E-state index in [1.54, 1.807) is 17.5 Å². The average molecular weight is 333 g/mol. The standard InChI is InChI=1S/C20H19N3S/c21-20-18-17(15-7-2-1-3-8-15)14-24-19(18)16(13-22-20)9-6-12-23-10-4-5-11-23/h1-3,7-8,13-14H,4-5,10-12H2,(H2,21,22). The molecule has 0 radical (unpaired) electrons. The van der Waals surface area contributed by atoms with Crippen molar-refractivity contribution in [3.63, 3.8) is 0 Å². The smallest absolute Gasteiger partial charge is 0.132 e. The molecular formula is C20H19N3S. The zero-order valence-electron chi connectivity index (χ0n) is 13.5. The van der Waals surface area contributed by atoms with Crippen molar-refractivity contribution >= 4 is 27.2 Å². The van der Waals surface area contributed by atoms with Crippen molar-refractivity contribution in [1.29, 1.82) is 0 Å². The Morgan fingerprint density at radius 2 is 1.96 bits per heavy atom. The van der Waals surface area contributed by atoms with Gasteiger partial charge in [-0.2, -0.15) is 0 Å². The van der Waals surface area contributed by atoms with Gasteiger partial charge < -0.3 is 5.73 Å². The third-order valence-electron chi connectivity index (χ3n) is 4.43. The first kappa shape index (κ1) is 15.2. The maximum Gasteiger partial charge on any atom is 0.132 e. The van der Waals surface area contributed by atoms with E-state index in [4.69, 9.17) is 5.73 Å². The summed E-state index contributed by atoms with van der Waals surface area (Å²) in [5, 5.41) is 3.18. The lowest BCUT2D eigenvalue weighted by molar-refractivity contribution is 0.383. The number of aromatic nitrogens is 1. The van der Waals surface area contributed by atoms with Crippen LogP contribution in [0.15, 0.2) is 41.9 Å². The van der Waals surface area contributed by atoms with Gasteiger partial charge in [0, 0.05) is 17.1 Å². The molecule has 0 atom stereocenters. The summed E-state index contributed by atoms with van der Waals surface area (Å²) >= 11 is 1.70. The normalized spacial score (nSPS) is 14.7. The minimum absolute atomic E-state index is 0.579. The van der Waals surface area contributed by atoms with Gasteiger partial charge in [-0.3, -0.25) is 4.90 Å². The zero-order valence-corrected chi connectivity index (χ0v) is 14.3. The van der Waals surface area contributed by atoms with E-state index in [-0.39, 0.29) is 0 Å². The van der Waals surface area contributed by atoms with Gasteiger partial charge in [-0.15, -0.1) is 11.3 Å². The van der Waals surface area contributed by atoms with Gasteiger partial charge in [0.15, 0.2) is 0 Å². The summed E-state index contributed by atoms with van der Waals surface area (Å²) in [4.78, 5) is 6.79. The maximum atomic E-state index is 6.18. The highest BCUT2D eigenvalue weighted by atomic mass is 32.1. The molecular weight excluding hydrogens is 314 g/mol. The van der Waals surface area contributed by atoms with Crippen LogP contribution in [0.25, 0.3) is 21.2 Å². The average Bonchev–Trinajstić information content (AvgIpc) is 3.28. The Bertz CT molecular complexity index is 912. The number of thiophene rings is 1. The molecule has 3 aromatic rings. The van der Waals surface area contributed by atoms with E-state index in [1.807, 2.05) is 18.2 Å². The first-order valence-electron chi connectivity index (χ1n) is 8.25. The SMILES string of the molecule is Nc1ncc(C#CCN2CCCC2)c2scc(-c3ccccc3)c12. The largest absolute Gasteiger partial charge is 0.383 e. The van der Waals surface area contributed by atoms with Gasteiger partial charge in [0.1, 0.15) is 5.82 Å². The molecule has 24 heavy (non-hydrogen) atoms. The molecule has 4 rings (SSSR count). The maximum absolute atomic E-state index is 6.18. The Hall–Kier alpha value is -2.35. The molecule has 120 valence electrons. The summed E-state index contributed by atoms with van der Waals surface area (Å²) in [5.41, 5.74) is 9.46. The van der Waals surface area contributed by atoms with Gasteiger partial charge in [0.2, 0.25) is 0 Å². The minimum atomic E-state index is 0.579. The summed E-state index contributed by atoms with van der Waals surface area (Å²) in [6.45, 7) is 3.17. The van der Waals surface area contributed by atoms with Crippen molar-refractivity contribution in [1.82, 2.24) is 9.88 Å². The first-order chi connectivity index (χ1) is 11.8. The number of likely N-dealkylation sites (tertiary alicyclic amines) is 1. The highest BCUT2D eigenvalue weighted by Crippen LogP contribution is 2.38. The second-order valence-corrected chi connectivity index (χ2v) is 6.94. The van der Waals surface area contributed by atoms with E-state index in [0.29, 0.717) is 5.82 Å². The summed E-state index contributed by atoms with van der Waals surface area (Å²) < 4.78 is 1.13. The summed E-state index contributed by atoms with van der Waals surface area (Å²) in [6.07, 6.45) is 4.39. The first-order valence-corrected chi connectivity index (χ1v) is 9.13. The molecule has 0 spiro atoms. The Kier molecular flexibility index (Phi) is 4.20. The van der Waals surface area contributed by atoms with Crippen molar-refractivity contribution in [2.45, 2.75) is 12.8 Å². The van der Waals surface area contributed by atoms with Gasteiger partial charge in [0.05, 0.1) is 16.8 Å². The van der Waals surface area contributed by atoms with Gasteiger partial charge in [0.25, 0.3) is 0 Å². The fourth-order valence-corrected chi connectivity index (χ4v) is 4.23. The van der Waals surface area contributed by atoms with Gasteiger partial charge >= 0.3 is 0 Å². The molecule has 4 heteroatoms. The third-order valence-corrected chi connectivity index (χ3v) is 5.45. The molecule has 3 nitrogen and oxygen atoms in total. The van der Waals surface area contributed by atoms with Gasteiger partial charge in [-0.05, 0) is 36.9 Å². The number of pyridine rings is 1. The van der Waals surface area contributed by atoms with E-state index in [0.717, 1.165) is 27.8 Å². The summed E-state index contributed by atoms with van der Waals surface area (Å²) in [7, 11) is 0. The topological polar surface area (TPSA) is 42.1 Å². The van der Waals surface area contributed by atoms with Crippen LogP contribution in [0.1, 0.15) is 18.4 Å². The number of nitrogens with two attached hydrogens (primary N) is 1. The number of anilines is 1. The van der Waals surface area contributed by atoms with Crippen LogP contribution in [-0.4, -0.2) is 29.5 Å². The third kappa shape index (κ3) is 2.89. The van der Waals surface area contributed by atoms with Crippen LogP contribution in [0, 0.1) is 11.8 Å². The number of hydrogen-bond donors (Lipinski definition) is 1. The summed E-state index contributed by atoms with van der Waals surface area (Å²) in [6, 6.07) is 10.3. The van der Waals surface area contributed by atoms with Crippen LogP contribution in [0.2, 0.25) is 0 Å². The number of fused-ring (bicyclic) bond motifs is 1. The number of nitrogen functional groups attached to an aromatic ring is 1. The number of hydrogen-bond acceptors (Lipinski definition) is 4. The van der Waals surface area contributed by atoms with E-state index >= 15 is 0 Å². The van der Waals surface area contributed by atoms with Crippen molar-refractivity contribution in [2.24, 2.45) is 0 Å². The molecule has 1 aromatic carbocycles. The lowest BCUT2D eigenvalue weighted by Gasteiger charge is -2.08. The van der Waals surface area contributed by atoms with E-state index in [2.05, 4.69) is 39.2 Å². The van der Waals surface area contributed by atoms with Gasteiger partial charge in [-0.25, -0.2) is 4.98 Å². The Labute approximate surface area is 146 Å². The molecule has 0 unspecified atom stereocenters. The molecule has 3 heterocycles. The predicted octanol–water partition coefficient (Wildman–Crippen LogP) is 3.99. The lowest BCUT2D eigenvalue weighted by atomic mass is 10.0. The predicted molar refractivity (Wildman–Crippen MR) is 102 cm³/mol. The zero-order chi connectivity index (χ0) is 16.4. The minimum Gasteiger partial charge on any atom is -0.383 e. The van der Waals surface area contributed by atoms with Crippen molar-refractivity contribution in [3.05, 3.63) is 47.5 Å². The van der Waals surface area contributed by atoms with Crippen LogP contribution in [0.4, 0.5) is 5.82 Å². The molecule has 1 aliphatic heterocycles. The van der Waals surface area contributed by atoms with Crippen LogP contribution in [0.5, 0.6) is 0 Å². The molecule has 0 saturated carbocycles. The van der Waals surface area contributed by atoms with Crippen molar-refractivity contribution < 1.29 is 0 Å². The molecule has 1 saturated heterocycles. The molecule has 0 bridgehead atoms. The Balaban J connectivity index is 1.72. The number of rotatable bonds is 2. The van der Waals surface area contributed by atoms with E-state index in [1.165, 1.54) is 31.5 Å². The quantitative estimate of drug-likeness (QED) is 0.721. The fraction of sp³-hybridized carbons (Fsp3) is 0.250. The van der Waals surface area contributed by atoms with Crippen LogP contribution in [0.3, 0.4) is 0 Å². The molecule has 1 aliphatic rings.